The van der Waals surface area contributed by atoms with E-state index in [4.69, 9.17) is 6.42 Å². The summed E-state index contributed by atoms with van der Waals surface area (Å²) in [4.78, 5) is 4.33. The van der Waals surface area contributed by atoms with Gasteiger partial charge in [0.25, 0.3) is 0 Å². The lowest BCUT2D eigenvalue weighted by Crippen LogP contribution is -2.17. The molecule has 0 aliphatic rings. The van der Waals surface area contributed by atoms with Gasteiger partial charge in [-0.2, -0.15) is 4.37 Å². The van der Waals surface area contributed by atoms with Crippen molar-refractivity contribution in [1.29, 1.82) is 0 Å². The van der Waals surface area contributed by atoms with Gasteiger partial charge in [0, 0.05) is 30.4 Å². The van der Waals surface area contributed by atoms with Crippen molar-refractivity contribution in [3.63, 3.8) is 0 Å². The smallest absolute Gasteiger partial charge is 0.202 e. The first kappa shape index (κ1) is 11.0. The van der Waals surface area contributed by atoms with Crippen LogP contribution in [0.5, 0.6) is 0 Å². The van der Waals surface area contributed by atoms with E-state index in [-0.39, 0.29) is 0 Å². The molecule has 0 aliphatic carbocycles. The maximum Gasteiger partial charge on any atom is 0.202 e. The number of nitrogens with zero attached hydrogens (tertiary/aromatic N) is 2. The molecular formula is C10H15N3S. The largest absolute Gasteiger partial charge is 0.357 e. The van der Waals surface area contributed by atoms with Crippen molar-refractivity contribution in [2.45, 2.75) is 39.2 Å². The van der Waals surface area contributed by atoms with Gasteiger partial charge in [0.1, 0.15) is 5.82 Å². The summed E-state index contributed by atoms with van der Waals surface area (Å²) in [5, 5.41) is 4.17. The van der Waals surface area contributed by atoms with Gasteiger partial charge in [0.05, 0.1) is 0 Å². The number of hydrogen-bond donors (Lipinski definition) is 1. The maximum absolute atomic E-state index is 5.27. The molecule has 1 aromatic heterocycles. The predicted octanol–water partition coefficient (Wildman–Crippen LogP) is 2.31. The number of nitrogens with one attached hydrogen (secondary N) is 1. The zero-order valence-electron chi connectivity index (χ0n) is 8.58. The Morgan fingerprint density at radius 2 is 2.36 bits per heavy atom. The fourth-order valence-electron chi connectivity index (χ4n) is 1.07. The summed E-state index contributed by atoms with van der Waals surface area (Å²) in [6.07, 6.45) is 7.89. The van der Waals surface area contributed by atoms with Crippen LogP contribution in [0.25, 0.3) is 0 Å². The van der Waals surface area contributed by atoms with E-state index in [1.807, 2.05) is 6.92 Å². The van der Waals surface area contributed by atoms with E-state index in [1.54, 1.807) is 0 Å². The van der Waals surface area contributed by atoms with Crippen molar-refractivity contribution in [2.24, 2.45) is 0 Å². The Morgan fingerprint density at radius 1 is 1.57 bits per heavy atom. The summed E-state index contributed by atoms with van der Waals surface area (Å²) >= 11 is 1.40. The second-order valence-corrected chi connectivity index (χ2v) is 3.78. The number of terminal acetylenes is 1. The quantitative estimate of drug-likeness (QED) is 0.756. The van der Waals surface area contributed by atoms with Crippen molar-refractivity contribution in [2.75, 3.05) is 5.32 Å². The van der Waals surface area contributed by atoms with Gasteiger partial charge in [-0.15, -0.1) is 12.3 Å². The van der Waals surface area contributed by atoms with Crippen LogP contribution in [0.1, 0.15) is 32.5 Å². The molecular weight excluding hydrogens is 194 g/mol. The van der Waals surface area contributed by atoms with Gasteiger partial charge in [-0.1, -0.05) is 13.8 Å². The van der Waals surface area contributed by atoms with Gasteiger partial charge in [0.15, 0.2) is 0 Å². The van der Waals surface area contributed by atoms with E-state index in [9.17, 15) is 0 Å². The SMILES string of the molecule is C#CCC(CC)Nc1nc(CC)ns1. The van der Waals surface area contributed by atoms with E-state index < -0.39 is 0 Å². The van der Waals surface area contributed by atoms with Crippen molar-refractivity contribution in [3.05, 3.63) is 5.82 Å². The lowest BCUT2D eigenvalue weighted by molar-refractivity contribution is 0.714. The van der Waals surface area contributed by atoms with Gasteiger partial charge in [-0.05, 0) is 6.42 Å². The molecule has 76 valence electrons. The highest BCUT2D eigenvalue weighted by Crippen LogP contribution is 2.14. The fraction of sp³-hybridized carbons (Fsp3) is 0.600. The Hall–Kier alpha value is -1.08. The molecule has 0 aliphatic heterocycles. The number of rotatable bonds is 5. The molecule has 0 bridgehead atoms. The predicted molar refractivity (Wildman–Crippen MR) is 60.4 cm³/mol. The highest BCUT2D eigenvalue weighted by atomic mass is 32.1. The standard InChI is InChI=1S/C10H15N3S/c1-4-7-8(5-2)11-10-12-9(6-3)13-14-10/h1,8H,5-7H2,2-3H3,(H,11,12,13). The molecule has 1 unspecified atom stereocenters. The van der Waals surface area contributed by atoms with Crippen LogP contribution >= 0.6 is 11.5 Å². The first-order valence-corrected chi connectivity index (χ1v) is 5.60. The van der Waals surface area contributed by atoms with Crippen LogP contribution in [0.4, 0.5) is 5.13 Å². The monoisotopic (exact) mass is 209 g/mol. The minimum atomic E-state index is 0.317. The van der Waals surface area contributed by atoms with E-state index in [0.29, 0.717) is 6.04 Å². The molecule has 0 saturated carbocycles. The third-order valence-corrected chi connectivity index (χ3v) is 2.65. The van der Waals surface area contributed by atoms with E-state index in [2.05, 4.69) is 27.5 Å². The molecule has 14 heavy (non-hydrogen) atoms. The van der Waals surface area contributed by atoms with Gasteiger partial charge in [0.2, 0.25) is 5.13 Å². The number of anilines is 1. The van der Waals surface area contributed by atoms with Gasteiger partial charge >= 0.3 is 0 Å². The molecule has 1 heterocycles. The molecule has 0 aromatic carbocycles. The molecule has 1 atom stereocenters. The average molecular weight is 209 g/mol. The van der Waals surface area contributed by atoms with E-state index >= 15 is 0 Å². The van der Waals surface area contributed by atoms with Crippen molar-refractivity contribution in [1.82, 2.24) is 9.36 Å². The molecule has 3 nitrogen and oxygen atoms in total. The fourth-order valence-corrected chi connectivity index (χ4v) is 1.80. The second kappa shape index (κ2) is 5.61. The van der Waals surface area contributed by atoms with Crippen LogP contribution in [-0.2, 0) is 6.42 Å². The van der Waals surface area contributed by atoms with Crippen LogP contribution < -0.4 is 5.32 Å². The minimum absolute atomic E-state index is 0.317. The van der Waals surface area contributed by atoms with Crippen LogP contribution in [0.2, 0.25) is 0 Å². The van der Waals surface area contributed by atoms with Crippen molar-refractivity contribution < 1.29 is 0 Å². The molecule has 0 radical (unpaired) electrons. The summed E-state index contributed by atoms with van der Waals surface area (Å²) in [5.41, 5.74) is 0. The normalized spacial score (nSPS) is 12.1. The Morgan fingerprint density at radius 3 is 2.86 bits per heavy atom. The summed E-state index contributed by atoms with van der Waals surface area (Å²) < 4.78 is 4.20. The molecule has 0 saturated heterocycles. The van der Waals surface area contributed by atoms with Gasteiger partial charge < -0.3 is 5.32 Å². The van der Waals surface area contributed by atoms with Crippen molar-refractivity contribution >= 4 is 16.7 Å². The Balaban J connectivity index is 2.54. The third kappa shape index (κ3) is 3.00. The molecule has 0 fully saturated rings. The molecule has 1 rings (SSSR count). The molecule has 0 spiro atoms. The van der Waals surface area contributed by atoms with E-state index in [0.717, 1.165) is 30.2 Å². The van der Waals surface area contributed by atoms with Crippen molar-refractivity contribution in [3.8, 4) is 12.3 Å². The molecule has 1 N–H and O–H groups in total. The van der Waals surface area contributed by atoms with Crippen LogP contribution in [0, 0.1) is 12.3 Å². The zero-order chi connectivity index (χ0) is 10.4. The summed E-state index contributed by atoms with van der Waals surface area (Å²) in [6.45, 7) is 4.15. The Labute approximate surface area is 89.1 Å². The van der Waals surface area contributed by atoms with Gasteiger partial charge in [-0.3, -0.25) is 0 Å². The summed E-state index contributed by atoms with van der Waals surface area (Å²) in [5.74, 6) is 3.55. The van der Waals surface area contributed by atoms with Crippen LogP contribution in [-0.4, -0.2) is 15.4 Å². The first-order chi connectivity index (χ1) is 6.80. The highest BCUT2D eigenvalue weighted by molar-refractivity contribution is 7.09. The zero-order valence-corrected chi connectivity index (χ0v) is 9.40. The lowest BCUT2D eigenvalue weighted by Gasteiger charge is -2.11. The summed E-state index contributed by atoms with van der Waals surface area (Å²) in [6, 6.07) is 0.317. The van der Waals surface area contributed by atoms with E-state index in [1.165, 1.54) is 11.5 Å². The first-order valence-electron chi connectivity index (χ1n) is 4.82. The average Bonchev–Trinajstić information content (AvgIpc) is 2.65. The molecule has 4 heteroatoms. The number of aryl methyl sites for hydroxylation is 1. The lowest BCUT2D eigenvalue weighted by atomic mass is 10.2. The number of aromatic nitrogens is 2. The van der Waals surface area contributed by atoms with Crippen LogP contribution in [0.15, 0.2) is 0 Å². The molecule has 1 aromatic rings. The maximum atomic E-state index is 5.27. The minimum Gasteiger partial charge on any atom is -0.357 e. The second-order valence-electron chi connectivity index (χ2n) is 3.03. The summed E-state index contributed by atoms with van der Waals surface area (Å²) in [7, 11) is 0. The Bertz CT molecular complexity index is 313. The third-order valence-electron chi connectivity index (χ3n) is 1.97. The van der Waals surface area contributed by atoms with Crippen LogP contribution in [0.3, 0.4) is 0 Å². The Kier molecular flexibility index (Phi) is 4.41. The number of hydrogen-bond acceptors (Lipinski definition) is 4. The molecule has 0 amide bonds. The topological polar surface area (TPSA) is 37.8 Å². The highest BCUT2D eigenvalue weighted by Gasteiger charge is 2.07. The van der Waals surface area contributed by atoms with Gasteiger partial charge in [-0.25, -0.2) is 4.98 Å².